The highest BCUT2D eigenvalue weighted by molar-refractivity contribution is 5.95. The zero-order valence-electron chi connectivity index (χ0n) is 15.8. The summed E-state index contributed by atoms with van der Waals surface area (Å²) in [6.07, 6.45) is 3.67. The lowest BCUT2D eigenvalue weighted by Crippen LogP contribution is -2.39. The molecule has 1 atom stereocenters. The molecular weight excluding hydrogens is 355 g/mol. The largest absolute Gasteiger partial charge is 0.345 e. The molecule has 0 unspecified atom stereocenters. The number of imidazole rings is 1. The number of nitrogens with one attached hydrogen (secondary N) is 2. The van der Waals surface area contributed by atoms with Crippen molar-refractivity contribution in [3.8, 4) is 11.1 Å². The molecule has 2 N–H and O–H groups in total. The molecule has 0 spiro atoms. The molecule has 144 valence electrons. The Balaban J connectivity index is 1.45. The first-order valence-corrected chi connectivity index (χ1v) is 9.50. The summed E-state index contributed by atoms with van der Waals surface area (Å²) in [4.78, 5) is 22.5. The van der Waals surface area contributed by atoms with Crippen molar-refractivity contribution in [3.05, 3.63) is 72.1 Å². The van der Waals surface area contributed by atoms with Crippen LogP contribution in [0.15, 0.2) is 54.7 Å². The van der Waals surface area contributed by atoms with Gasteiger partial charge in [-0.25, -0.2) is 9.37 Å². The van der Waals surface area contributed by atoms with Crippen molar-refractivity contribution in [1.29, 1.82) is 0 Å². The molecule has 3 aromatic rings. The number of hydrogen-bond acceptors (Lipinski definition) is 3. The van der Waals surface area contributed by atoms with Crippen LogP contribution < -0.4 is 5.32 Å². The minimum Gasteiger partial charge on any atom is -0.345 e. The second-order valence-corrected chi connectivity index (χ2v) is 7.20. The van der Waals surface area contributed by atoms with Crippen LogP contribution in [0.3, 0.4) is 0 Å². The Morgan fingerprint density at radius 2 is 2.07 bits per heavy atom. The second-order valence-electron chi connectivity index (χ2n) is 7.20. The molecule has 0 saturated carbocycles. The van der Waals surface area contributed by atoms with E-state index >= 15 is 0 Å². The maximum absolute atomic E-state index is 13.2. The van der Waals surface area contributed by atoms with Crippen LogP contribution in [0.5, 0.6) is 0 Å². The number of H-pyrrole nitrogens is 1. The molecule has 4 rings (SSSR count). The summed E-state index contributed by atoms with van der Waals surface area (Å²) < 4.78 is 13.2. The lowest BCUT2D eigenvalue weighted by atomic mass is 10.0. The van der Waals surface area contributed by atoms with E-state index in [1.54, 1.807) is 12.1 Å². The third kappa shape index (κ3) is 4.12. The van der Waals surface area contributed by atoms with E-state index in [2.05, 4.69) is 20.2 Å². The molecule has 2 heterocycles. The quantitative estimate of drug-likeness (QED) is 0.702. The molecule has 1 aliphatic rings. The lowest BCUT2D eigenvalue weighted by molar-refractivity contribution is -0.120. The average Bonchev–Trinajstić information content (AvgIpc) is 3.32. The van der Waals surface area contributed by atoms with Crippen LogP contribution in [0, 0.1) is 12.7 Å². The van der Waals surface area contributed by atoms with Crippen LogP contribution in [-0.4, -0.2) is 33.4 Å². The summed E-state index contributed by atoms with van der Waals surface area (Å²) in [6.45, 7) is 3.51. The summed E-state index contributed by atoms with van der Waals surface area (Å²) in [5.74, 6) is 0.625. The summed E-state index contributed by atoms with van der Waals surface area (Å²) >= 11 is 0. The normalized spacial score (nSPS) is 17.0. The first-order chi connectivity index (χ1) is 13.6. The molecular formula is C22H23FN4O. The minimum absolute atomic E-state index is 0.00462. The first kappa shape index (κ1) is 18.4. The molecule has 0 bridgehead atoms. The van der Waals surface area contributed by atoms with E-state index in [0.717, 1.165) is 47.7 Å². The number of likely N-dealkylation sites (tertiary alicyclic amines) is 1. The fourth-order valence-corrected chi connectivity index (χ4v) is 3.73. The zero-order chi connectivity index (χ0) is 19.5. The predicted octanol–water partition coefficient (Wildman–Crippen LogP) is 4.13. The van der Waals surface area contributed by atoms with Crippen molar-refractivity contribution in [3.63, 3.8) is 0 Å². The van der Waals surface area contributed by atoms with Gasteiger partial charge in [-0.3, -0.25) is 9.69 Å². The number of halogens is 1. The fourth-order valence-electron chi connectivity index (χ4n) is 3.73. The number of aryl methyl sites for hydroxylation is 1. The van der Waals surface area contributed by atoms with Gasteiger partial charge in [0.05, 0.1) is 6.04 Å². The van der Waals surface area contributed by atoms with Crippen molar-refractivity contribution >= 4 is 11.6 Å². The van der Waals surface area contributed by atoms with E-state index in [4.69, 9.17) is 0 Å². The number of carbonyl (C=O) groups is 1. The number of hydrogen-bond donors (Lipinski definition) is 2. The standard InChI is InChI=1S/C22H23FN4O/c1-15-24-13-20(25-15)14-27-11-3-6-21(27)22(28)26-19-5-2-4-17(12-19)16-7-9-18(23)10-8-16/h2,4-5,7-10,12-13,21H,3,6,11,14H2,1H3,(H,24,25)(H,26,28)/t21-/m1/s1. The fraction of sp³-hybridized carbons (Fsp3) is 0.273. The molecule has 1 fully saturated rings. The third-order valence-corrected chi connectivity index (χ3v) is 5.10. The van der Waals surface area contributed by atoms with E-state index in [9.17, 15) is 9.18 Å². The van der Waals surface area contributed by atoms with E-state index in [1.807, 2.05) is 37.4 Å². The van der Waals surface area contributed by atoms with Crippen LogP contribution in [-0.2, 0) is 11.3 Å². The van der Waals surface area contributed by atoms with Gasteiger partial charge in [-0.05, 0) is 61.7 Å². The maximum atomic E-state index is 13.2. The van der Waals surface area contributed by atoms with E-state index in [1.165, 1.54) is 12.1 Å². The molecule has 1 saturated heterocycles. The van der Waals surface area contributed by atoms with Crippen LogP contribution in [0.1, 0.15) is 24.4 Å². The van der Waals surface area contributed by atoms with Crippen LogP contribution in [0.2, 0.25) is 0 Å². The van der Waals surface area contributed by atoms with Crippen LogP contribution in [0.4, 0.5) is 10.1 Å². The number of rotatable bonds is 5. The second kappa shape index (κ2) is 7.94. The molecule has 6 heteroatoms. The summed E-state index contributed by atoms with van der Waals surface area (Å²) in [5.41, 5.74) is 3.62. The molecule has 1 amide bonds. The molecule has 0 radical (unpaired) electrons. The van der Waals surface area contributed by atoms with Gasteiger partial charge >= 0.3 is 0 Å². The van der Waals surface area contributed by atoms with Crippen molar-refractivity contribution < 1.29 is 9.18 Å². The van der Waals surface area contributed by atoms with E-state index in [-0.39, 0.29) is 17.8 Å². The van der Waals surface area contributed by atoms with Crippen LogP contribution in [0.25, 0.3) is 11.1 Å². The first-order valence-electron chi connectivity index (χ1n) is 9.50. The molecule has 5 nitrogen and oxygen atoms in total. The number of aromatic nitrogens is 2. The molecule has 1 aromatic heterocycles. The van der Waals surface area contributed by atoms with Gasteiger partial charge < -0.3 is 10.3 Å². The van der Waals surface area contributed by atoms with Gasteiger partial charge in [0, 0.05) is 24.1 Å². The monoisotopic (exact) mass is 378 g/mol. The Bertz CT molecular complexity index is 967. The Morgan fingerprint density at radius 1 is 1.25 bits per heavy atom. The Labute approximate surface area is 163 Å². The minimum atomic E-state index is -0.262. The maximum Gasteiger partial charge on any atom is 0.241 e. The highest BCUT2D eigenvalue weighted by Gasteiger charge is 2.31. The van der Waals surface area contributed by atoms with Crippen molar-refractivity contribution in [2.45, 2.75) is 32.4 Å². The zero-order valence-corrected chi connectivity index (χ0v) is 15.8. The Morgan fingerprint density at radius 3 is 2.82 bits per heavy atom. The van der Waals surface area contributed by atoms with Gasteiger partial charge in [0.25, 0.3) is 0 Å². The number of aromatic amines is 1. The molecule has 28 heavy (non-hydrogen) atoms. The Hall–Kier alpha value is -2.99. The number of anilines is 1. The van der Waals surface area contributed by atoms with Gasteiger partial charge in [-0.15, -0.1) is 0 Å². The van der Waals surface area contributed by atoms with Gasteiger partial charge in [0.2, 0.25) is 5.91 Å². The molecule has 0 aliphatic carbocycles. The topological polar surface area (TPSA) is 61.0 Å². The van der Waals surface area contributed by atoms with Gasteiger partial charge in [-0.2, -0.15) is 0 Å². The van der Waals surface area contributed by atoms with E-state index < -0.39 is 0 Å². The third-order valence-electron chi connectivity index (χ3n) is 5.10. The highest BCUT2D eigenvalue weighted by atomic mass is 19.1. The van der Waals surface area contributed by atoms with E-state index in [0.29, 0.717) is 6.54 Å². The van der Waals surface area contributed by atoms with Crippen molar-refractivity contribution in [2.75, 3.05) is 11.9 Å². The average molecular weight is 378 g/mol. The lowest BCUT2D eigenvalue weighted by Gasteiger charge is -2.23. The predicted molar refractivity (Wildman–Crippen MR) is 107 cm³/mol. The van der Waals surface area contributed by atoms with Crippen molar-refractivity contribution in [2.24, 2.45) is 0 Å². The molecule has 1 aliphatic heterocycles. The van der Waals surface area contributed by atoms with Gasteiger partial charge in [-0.1, -0.05) is 24.3 Å². The van der Waals surface area contributed by atoms with Crippen LogP contribution >= 0.6 is 0 Å². The number of nitrogens with zero attached hydrogens (tertiary/aromatic N) is 2. The SMILES string of the molecule is Cc1ncc(CN2CCC[C@@H]2C(=O)Nc2cccc(-c3ccc(F)cc3)c2)[nH]1. The highest BCUT2D eigenvalue weighted by Crippen LogP contribution is 2.25. The summed E-state index contributed by atoms with van der Waals surface area (Å²) in [5, 5.41) is 3.05. The summed E-state index contributed by atoms with van der Waals surface area (Å²) in [7, 11) is 0. The van der Waals surface area contributed by atoms with Gasteiger partial charge in [0.1, 0.15) is 11.6 Å². The number of carbonyl (C=O) groups excluding carboxylic acids is 1. The number of amides is 1. The number of benzene rings is 2. The molecule has 2 aromatic carbocycles. The smallest absolute Gasteiger partial charge is 0.241 e. The van der Waals surface area contributed by atoms with Crippen molar-refractivity contribution in [1.82, 2.24) is 14.9 Å². The van der Waals surface area contributed by atoms with Gasteiger partial charge in [0.15, 0.2) is 0 Å². The Kier molecular flexibility index (Phi) is 5.21. The summed E-state index contributed by atoms with van der Waals surface area (Å²) in [6, 6.07) is 13.8.